The van der Waals surface area contributed by atoms with Gasteiger partial charge in [-0.25, -0.2) is 0 Å². The van der Waals surface area contributed by atoms with Gasteiger partial charge in [0, 0.05) is 5.54 Å². The number of hydrogen-bond acceptors (Lipinski definition) is 0. The Labute approximate surface area is 355 Å². The Balaban J connectivity index is 1.38. The summed E-state index contributed by atoms with van der Waals surface area (Å²) in [5.41, 5.74) is 14.7. The third-order valence-electron chi connectivity index (χ3n) is 12.1. The van der Waals surface area contributed by atoms with Gasteiger partial charge >= 0.3 is 0 Å². The lowest BCUT2D eigenvalue weighted by atomic mass is 9.98. The zero-order valence-electron chi connectivity index (χ0n) is 33.4. The Morgan fingerprint density at radius 2 is 0.417 bits per heavy atom. The molecule has 1 aliphatic rings. The van der Waals surface area contributed by atoms with Crippen molar-refractivity contribution in [1.82, 2.24) is 0 Å². The van der Waals surface area contributed by atoms with Gasteiger partial charge in [0.2, 0.25) is 0 Å². The highest BCUT2D eigenvalue weighted by Crippen LogP contribution is 2.37. The van der Waals surface area contributed by atoms with Crippen LogP contribution < -0.4 is 15.6 Å². The Morgan fingerprint density at radius 1 is 0.217 bits per heavy atom. The van der Waals surface area contributed by atoms with E-state index in [1.54, 1.807) is 0 Å². The summed E-state index contributed by atoms with van der Waals surface area (Å²) in [5.74, 6) is 0. The Kier molecular flexibility index (Phi) is 10.2. The number of rotatable bonds is 10. The molecule has 1 heteroatoms. The van der Waals surface area contributed by atoms with Gasteiger partial charge in [0.1, 0.15) is 0 Å². The maximum absolute atomic E-state index is 3.15. The Hall–Kier alpha value is -7.32. The van der Waals surface area contributed by atoms with Gasteiger partial charge < -0.3 is 0 Å². The van der Waals surface area contributed by atoms with E-state index in [-0.39, 0.29) is 5.54 Å². The molecule has 9 aromatic carbocycles. The molecule has 0 aromatic heterocycles. The summed E-state index contributed by atoms with van der Waals surface area (Å²) in [6.45, 7) is 0. The first-order valence-electron chi connectivity index (χ1n) is 20.9. The fourth-order valence-corrected chi connectivity index (χ4v) is 14.4. The third kappa shape index (κ3) is 7.21. The van der Waals surface area contributed by atoms with Crippen LogP contribution in [-0.2, 0) is 0 Å². The van der Waals surface area contributed by atoms with Crippen molar-refractivity contribution in [3.05, 3.63) is 261 Å². The maximum atomic E-state index is 2.53. The highest BCUT2D eigenvalue weighted by Gasteiger charge is 2.46. The molecule has 10 rings (SSSR count). The van der Waals surface area contributed by atoms with Gasteiger partial charge in [-0.05, 0) is 101 Å². The molecule has 0 heterocycles. The second-order valence-electron chi connectivity index (χ2n) is 15.7. The minimum Gasteiger partial charge on any atom is -0.0793 e. The van der Waals surface area contributed by atoms with Gasteiger partial charge in [-0.1, -0.05) is 243 Å². The fourth-order valence-electron chi connectivity index (χ4n) is 9.15. The van der Waals surface area contributed by atoms with E-state index >= 15 is 0 Å². The standard InChI is InChI=1S/C59H44Si/c1-7-21-44(22-8-1)50-35-51(45-23-9-2-10-24-45)39-57(38-50)60(56-33-19-20-34-56,58-40-52(46-25-11-3-12-26-46)36-53(41-58)47-27-13-4-14-28-47)59-42-54(48-29-15-5-16-30-48)37-55(43-59)49-31-17-6-18-32-49/h1-43,56H. The van der Waals surface area contributed by atoms with Gasteiger partial charge in [-0.15, -0.1) is 0 Å². The summed E-state index contributed by atoms with van der Waals surface area (Å²) in [7, 11) is -3.15. The molecular weight excluding hydrogens is 737 g/mol. The van der Waals surface area contributed by atoms with E-state index in [1.165, 1.54) is 82.3 Å². The average molecular weight is 781 g/mol. The van der Waals surface area contributed by atoms with Crippen molar-refractivity contribution in [1.29, 1.82) is 0 Å². The SMILES string of the molecule is C1=CC([Si](c2cc(-c3ccccc3)cc(-c3ccccc3)c2)(c2cc(-c3ccccc3)cc(-c3ccccc3)c2)c2cc(-c3ccccc3)cc(-c3ccccc3)c2)C=C1. The van der Waals surface area contributed by atoms with Crippen molar-refractivity contribution in [3.8, 4) is 66.8 Å². The normalized spacial score (nSPS) is 12.5. The summed E-state index contributed by atoms with van der Waals surface area (Å²) in [6.07, 6.45) is 9.48. The monoisotopic (exact) mass is 780 g/mol. The van der Waals surface area contributed by atoms with E-state index in [0.717, 1.165) is 0 Å². The first-order chi connectivity index (χ1) is 29.7. The van der Waals surface area contributed by atoms with Crippen molar-refractivity contribution < 1.29 is 0 Å². The lowest BCUT2D eigenvalue weighted by molar-refractivity contribution is 1.34. The first kappa shape index (κ1) is 37.0. The van der Waals surface area contributed by atoms with Crippen LogP contribution in [0.2, 0.25) is 5.54 Å². The number of benzene rings is 9. The van der Waals surface area contributed by atoms with E-state index in [2.05, 4.69) is 261 Å². The smallest absolute Gasteiger partial charge is 0.0793 e. The maximum Gasteiger partial charge on any atom is 0.158 e. The largest absolute Gasteiger partial charge is 0.158 e. The van der Waals surface area contributed by atoms with E-state index < -0.39 is 8.07 Å². The molecular formula is C59H44Si. The summed E-state index contributed by atoms with van der Waals surface area (Å²) < 4.78 is 0. The predicted molar refractivity (Wildman–Crippen MR) is 259 cm³/mol. The summed E-state index contributed by atoms with van der Waals surface area (Å²) in [5, 5.41) is 4.12. The van der Waals surface area contributed by atoms with Crippen LogP contribution in [0, 0.1) is 0 Å². The van der Waals surface area contributed by atoms with Crippen LogP contribution in [0.1, 0.15) is 0 Å². The number of allylic oxidation sites excluding steroid dienone is 4. The molecule has 0 bridgehead atoms. The van der Waals surface area contributed by atoms with Crippen molar-refractivity contribution in [2.75, 3.05) is 0 Å². The van der Waals surface area contributed by atoms with E-state index in [1.807, 2.05) is 0 Å². The second kappa shape index (κ2) is 16.5. The number of hydrogen-bond donors (Lipinski definition) is 0. The van der Waals surface area contributed by atoms with Crippen LogP contribution in [0.15, 0.2) is 261 Å². The molecule has 0 nitrogen and oxygen atoms in total. The van der Waals surface area contributed by atoms with Crippen LogP contribution >= 0.6 is 0 Å². The van der Waals surface area contributed by atoms with Crippen LogP contribution in [-0.4, -0.2) is 8.07 Å². The molecule has 284 valence electrons. The minimum atomic E-state index is -3.15. The topological polar surface area (TPSA) is 0 Å². The van der Waals surface area contributed by atoms with Gasteiger partial charge in [0.05, 0.1) is 0 Å². The first-order valence-corrected chi connectivity index (χ1v) is 22.9. The molecule has 0 atom stereocenters. The fraction of sp³-hybridized carbons (Fsp3) is 0.0169. The average Bonchev–Trinajstić information content (AvgIpc) is 3.89. The van der Waals surface area contributed by atoms with Crippen molar-refractivity contribution >= 4 is 23.6 Å². The molecule has 0 radical (unpaired) electrons. The third-order valence-corrected chi connectivity index (χ3v) is 17.0. The van der Waals surface area contributed by atoms with Crippen molar-refractivity contribution in [2.24, 2.45) is 0 Å². The zero-order chi connectivity index (χ0) is 40.1. The van der Waals surface area contributed by atoms with E-state index in [9.17, 15) is 0 Å². The highest BCUT2D eigenvalue weighted by molar-refractivity contribution is 7.13. The van der Waals surface area contributed by atoms with Gasteiger partial charge in [0.25, 0.3) is 0 Å². The van der Waals surface area contributed by atoms with Gasteiger partial charge in [-0.3, -0.25) is 0 Å². The molecule has 0 unspecified atom stereocenters. The van der Waals surface area contributed by atoms with Crippen LogP contribution in [0.3, 0.4) is 0 Å². The van der Waals surface area contributed by atoms with Crippen molar-refractivity contribution in [2.45, 2.75) is 5.54 Å². The predicted octanol–water partition coefficient (Wildman–Crippen LogP) is 13.7. The summed E-state index contributed by atoms with van der Waals surface area (Å²) in [4.78, 5) is 0. The molecule has 0 N–H and O–H groups in total. The van der Waals surface area contributed by atoms with Crippen LogP contribution in [0.5, 0.6) is 0 Å². The summed E-state index contributed by atoms with van der Waals surface area (Å²) >= 11 is 0. The van der Waals surface area contributed by atoms with E-state index in [4.69, 9.17) is 0 Å². The van der Waals surface area contributed by atoms with E-state index in [0.29, 0.717) is 0 Å². The minimum absolute atomic E-state index is 0.122. The quantitative estimate of drug-likeness (QED) is 0.0958. The molecule has 0 amide bonds. The lowest BCUT2D eigenvalue weighted by Gasteiger charge is -2.39. The lowest BCUT2D eigenvalue weighted by Crippen LogP contribution is -2.69. The van der Waals surface area contributed by atoms with Crippen molar-refractivity contribution in [3.63, 3.8) is 0 Å². The van der Waals surface area contributed by atoms with Gasteiger partial charge in [-0.2, -0.15) is 0 Å². The summed E-state index contributed by atoms with van der Waals surface area (Å²) in [6, 6.07) is 87.9. The van der Waals surface area contributed by atoms with Gasteiger partial charge in [0.15, 0.2) is 8.07 Å². The molecule has 1 aliphatic carbocycles. The molecule has 0 saturated carbocycles. The van der Waals surface area contributed by atoms with Crippen LogP contribution in [0.25, 0.3) is 66.8 Å². The molecule has 0 saturated heterocycles. The second-order valence-corrected chi connectivity index (χ2v) is 19.7. The van der Waals surface area contributed by atoms with Crippen LogP contribution in [0.4, 0.5) is 0 Å². The highest BCUT2D eigenvalue weighted by atomic mass is 28.3. The Bertz CT molecular complexity index is 2450. The molecule has 9 aromatic rings. The molecule has 60 heavy (non-hydrogen) atoms. The molecule has 0 aliphatic heterocycles. The Morgan fingerprint density at radius 3 is 0.617 bits per heavy atom. The molecule has 0 spiro atoms. The zero-order valence-corrected chi connectivity index (χ0v) is 34.4. The molecule has 0 fully saturated rings.